The van der Waals surface area contributed by atoms with Crippen LogP contribution in [0.5, 0.6) is 0 Å². The number of aromatic nitrogens is 1. The summed E-state index contributed by atoms with van der Waals surface area (Å²) in [7, 11) is 1.36. The first kappa shape index (κ1) is 11.1. The number of hydrogen-bond acceptors (Lipinski definition) is 7. The number of anilines is 1. The van der Waals surface area contributed by atoms with Gasteiger partial charge in [-0.25, -0.2) is 9.78 Å². The number of rotatable bonds is 3. The molecule has 0 aliphatic carbocycles. The van der Waals surface area contributed by atoms with Gasteiger partial charge in [-0.05, 0) is 0 Å². The molecule has 1 aromatic heterocycles. The van der Waals surface area contributed by atoms with Gasteiger partial charge in [0.05, 0.1) is 0 Å². The van der Waals surface area contributed by atoms with Gasteiger partial charge in [0.25, 0.3) is 6.29 Å². The number of nitrogen functional groups attached to an aromatic ring is 1. The standard InChI is InChI=1S/C7H7N4O3S/c1-9-7(13)14-11-4(2-12)5-3-15-6(8)10-5/h3H,1H3,(H2,8,10)(H,9,13)/b11-4-. The zero-order valence-electron chi connectivity index (χ0n) is 7.68. The van der Waals surface area contributed by atoms with Crippen LogP contribution in [0.15, 0.2) is 10.5 Å². The van der Waals surface area contributed by atoms with Gasteiger partial charge in [-0.2, -0.15) is 0 Å². The average Bonchev–Trinajstić information content (AvgIpc) is 2.65. The topological polar surface area (TPSA) is 107 Å². The Morgan fingerprint density at radius 3 is 3.00 bits per heavy atom. The SMILES string of the molecule is CNC(=O)O/N=C(/[C]=O)c1csc(N)n1. The predicted molar refractivity (Wildman–Crippen MR) is 54.3 cm³/mol. The first-order valence-corrected chi connectivity index (χ1v) is 4.61. The largest absolute Gasteiger partial charge is 0.433 e. The van der Waals surface area contributed by atoms with E-state index in [4.69, 9.17) is 5.73 Å². The molecule has 0 unspecified atom stereocenters. The van der Waals surface area contributed by atoms with Crippen molar-refractivity contribution in [1.29, 1.82) is 0 Å². The van der Waals surface area contributed by atoms with Crippen molar-refractivity contribution in [3.8, 4) is 0 Å². The van der Waals surface area contributed by atoms with Crippen LogP contribution in [0.3, 0.4) is 0 Å². The minimum Gasteiger partial charge on any atom is -0.375 e. The summed E-state index contributed by atoms with van der Waals surface area (Å²) in [6, 6.07) is 0. The van der Waals surface area contributed by atoms with E-state index in [1.165, 1.54) is 18.7 Å². The van der Waals surface area contributed by atoms with Gasteiger partial charge in [0, 0.05) is 12.4 Å². The van der Waals surface area contributed by atoms with Crippen molar-refractivity contribution in [3.05, 3.63) is 11.1 Å². The predicted octanol–water partition coefficient (Wildman–Crippen LogP) is -0.105. The molecule has 0 saturated carbocycles. The molecule has 0 spiro atoms. The molecule has 1 rings (SSSR count). The van der Waals surface area contributed by atoms with Gasteiger partial charge >= 0.3 is 6.09 Å². The summed E-state index contributed by atoms with van der Waals surface area (Å²) in [4.78, 5) is 29.2. The molecule has 0 aliphatic rings. The van der Waals surface area contributed by atoms with E-state index >= 15 is 0 Å². The average molecular weight is 227 g/mol. The minimum atomic E-state index is -0.786. The van der Waals surface area contributed by atoms with Crippen LogP contribution in [0.1, 0.15) is 5.69 Å². The van der Waals surface area contributed by atoms with E-state index in [0.29, 0.717) is 0 Å². The Bertz CT molecular complexity index is 401. The second-order valence-electron chi connectivity index (χ2n) is 2.24. The Labute approximate surface area is 88.9 Å². The van der Waals surface area contributed by atoms with Gasteiger partial charge in [0.2, 0.25) is 0 Å². The molecule has 1 radical (unpaired) electrons. The Kier molecular flexibility index (Phi) is 3.75. The van der Waals surface area contributed by atoms with Crippen molar-refractivity contribution in [3.63, 3.8) is 0 Å². The van der Waals surface area contributed by atoms with Crippen molar-refractivity contribution in [2.24, 2.45) is 5.16 Å². The third-order valence-corrected chi connectivity index (χ3v) is 1.96. The van der Waals surface area contributed by atoms with E-state index in [1.807, 2.05) is 0 Å². The fourth-order valence-electron chi connectivity index (χ4n) is 0.647. The zero-order chi connectivity index (χ0) is 11.3. The summed E-state index contributed by atoms with van der Waals surface area (Å²) in [5.74, 6) is 0. The van der Waals surface area contributed by atoms with Crippen LogP contribution in [-0.2, 0) is 9.63 Å². The molecule has 3 N–H and O–H groups in total. The quantitative estimate of drug-likeness (QED) is 0.426. The first-order valence-electron chi connectivity index (χ1n) is 3.73. The molecular weight excluding hydrogens is 220 g/mol. The highest BCUT2D eigenvalue weighted by Crippen LogP contribution is 2.11. The number of carbonyl (C=O) groups excluding carboxylic acids is 2. The van der Waals surface area contributed by atoms with Crippen molar-refractivity contribution in [1.82, 2.24) is 10.3 Å². The number of thiazole rings is 1. The lowest BCUT2D eigenvalue weighted by Gasteiger charge is -1.95. The molecule has 1 heterocycles. The molecule has 79 valence electrons. The lowest BCUT2D eigenvalue weighted by molar-refractivity contribution is 0.153. The summed E-state index contributed by atoms with van der Waals surface area (Å²) in [5.41, 5.74) is 5.36. The van der Waals surface area contributed by atoms with Crippen molar-refractivity contribution >= 4 is 34.6 Å². The smallest absolute Gasteiger partial charge is 0.375 e. The van der Waals surface area contributed by atoms with Gasteiger partial charge in [-0.3, -0.25) is 9.63 Å². The summed E-state index contributed by atoms with van der Waals surface area (Å²) in [6.45, 7) is 0. The fraction of sp³-hybridized carbons (Fsp3) is 0.143. The van der Waals surface area contributed by atoms with Crippen LogP contribution < -0.4 is 11.1 Å². The molecule has 0 aromatic carbocycles. The maximum Gasteiger partial charge on any atom is 0.433 e. The maximum absolute atomic E-state index is 10.7. The first-order chi connectivity index (χ1) is 7.17. The third kappa shape index (κ3) is 3.02. The summed E-state index contributed by atoms with van der Waals surface area (Å²) in [6.07, 6.45) is 0.709. The van der Waals surface area contributed by atoms with E-state index in [9.17, 15) is 9.59 Å². The van der Waals surface area contributed by atoms with Crippen molar-refractivity contribution in [2.75, 3.05) is 12.8 Å². The van der Waals surface area contributed by atoms with Crippen LogP contribution in [-0.4, -0.2) is 30.1 Å². The molecule has 7 nitrogen and oxygen atoms in total. The molecular formula is C7H7N4O3S. The van der Waals surface area contributed by atoms with Gasteiger partial charge in [0.15, 0.2) is 10.8 Å². The second kappa shape index (κ2) is 5.05. The number of hydrogen-bond donors (Lipinski definition) is 2. The van der Waals surface area contributed by atoms with Crippen LogP contribution in [0.2, 0.25) is 0 Å². The summed E-state index contributed by atoms with van der Waals surface area (Å²) in [5, 5.41) is 7.22. The molecule has 0 fully saturated rings. The highest BCUT2D eigenvalue weighted by atomic mass is 32.1. The van der Waals surface area contributed by atoms with Crippen molar-refractivity contribution < 1.29 is 14.4 Å². The minimum absolute atomic E-state index is 0.216. The molecule has 1 amide bonds. The molecule has 15 heavy (non-hydrogen) atoms. The Morgan fingerprint density at radius 2 is 2.53 bits per heavy atom. The Morgan fingerprint density at radius 1 is 1.80 bits per heavy atom. The molecule has 0 saturated heterocycles. The van der Waals surface area contributed by atoms with Crippen LogP contribution in [0, 0.1) is 0 Å². The van der Waals surface area contributed by atoms with E-state index in [2.05, 4.69) is 20.3 Å². The van der Waals surface area contributed by atoms with Crippen LogP contribution in [0.4, 0.5) is 9.93 Å². The number of amides is 1. The molecule has 0 atom stereocenters. The number of nitrogens with zero attached hydrogens (tertiary/aromatic N) is 2. The van der Waals surface area contributed by atoms with Gasteiger partial charge in [-0.15, -0.1) is 11.3 Å². The zero-order valence-corrected chi connectivity index (χ0v) is 8.50. The second-order valence-corrected chi connectivity index (χ2v) is 3.13. The Balaban J connectivity index is 2.79. The molecule has 8 heteroatoms. The lowest BCUT2D eigenvalue weighted by Crippen LogP contribution is -2.18. The highest BCUT2D eigenvalue weighted by molar-refractivity contribution is 7.13. The monoisotopic (exact) mass is 227 g/mol. The van der Waals surface area contributed by atoms with Crippen LogP contribution in [0.25, 0.3) is 0 Å². The van der Waals surface area contributed by atoms with Gasteiger partial charge in [-0.1, -0.05) is 5.16 Å². The van der Waals surface area contributed by atoms with E-state index in [0.717, 1.165) is 11.3 Å². The van der Waals surface area contributed by atoms with E-state index in [-0.39, 0.29) is 16.5 Å². The lowest BCUT2D eigenvalue weighted by atomic mass is 10.3. The fourth-order valence-corrected chi connectivity index (χ4v) is 1.19. The van der Waals surface area contributed by atoms with Gasteiger partial charge in [0.1, 0.15) is 5.69 Å². The third-order valence-electron chi connectivity index (χ3n) is 1.29. The number of carbonyl (C=O) groups is 1. The number of oxime groups is 1. The van der Waals surface area contributed by atoms with Crippen molar-refractivity contribution in [2.45, 2.75) is 0 Å². The number of nitrogens with one attached hydrogen (secondary N) is 1. The maximum atomic E-state index is 10.7. The van der Waals surface area contributed by atoms with Gasteiger partial charge < -0.3 is 11.1 Å². The van der Waals surface area contributed by atoms with E-state index in [1.54, 1.807) is 0 Å². The summed E-state index contributed by atoms with van der Waals surface area (Å²) < 4.78 is 0. The molecule has 0 aliphatic heterocycles. The number of nitrogens with two attached hydrogens (primary N) is 1. The summed E-state index contributed by atoms with van der Waals surface area (Å²) >= 11 is 1.14. The molecule has 0 bridgehead atoms. The van der Waals surface area contributed by atoms with Crippen LogP contribution >= 0.6 is 11.3 Å². The molecule has 1 aromatic rings. The normalized spacial score (nSPS) is 10.9. The Hall–Kier alpha value is -1.96. The highest BCUT2D eigenvalue weighted by Gasteiger charge is 2.09. The van der Waals surface area contributed by atoms with E-state index < -0.39 is 6.09 Å².